The molecule has 1 aliphatic rings. The summed E-state index contributed by atoms with van der Waals surface area (Å²) in [4.78, 5) is 14.7. The highest BCUT2D eigenvalue weighted by Crippen LogP contribution is 2.28. The van der Waals surface area contributed by atoms with Crippen LogP contribution in [0.5, 0.6) is 0 Å². The zero-order valence-electron chi connectivity index (χ0n) is 18.5. The minimum absolute atomic E-state index is 0.0306. The molecule has 0 bridgehead atoms. The second-order valence-electron chi connectivity index (χ2n) is 7.85. The summed E-state index contributed by atoms with van der Waals surface area (Å²) in [5, 5.41) is 8.56. The number of amides is 1. The van der Waals surface area contributed by atoms with Gasteiger partial charge in [-0.1, -0.05) is 30.7 Å². The van der Waals surface area contributed by atoms with E-state index in [1.165, 1.54) is 15.3 Å². The van der Waals surface area contributed by atoms with E-state index in [2.05, 4.69) is 10.2 Å². The lowest BCUT2D eigenvalue weighted by Gasteiger charge is -2.18. The molecule has 0 N–H and O–H groups in total. The van der Waals surface area contributed by atoms with Crippen LogP contribution >= 0.6 is 11.6 Å². The third kappa shape index (κ3) is 4.83. The number of benzene rings is 1. The number of rotatable bonds is 8. The molecular weight excluding hydrogens is 468 g/mol. The minimum atomic E-state index is -3.69. The maximum absolute atomic E-state index is 13.2. The maximum atomic E-state index is 13.2. The molecule has 2 aromatic heterocycles. The van der Waals surface area contributed by atoms with Crippen molar-refractivity contribution in [3.05, 3.63) is 52.8 Å². The number of carbonyl (C=O) groups excluding carboxylic acids is 1. The van der Waals surface area contributed by atoms with Crippen LogP contribution in [0.15, 0.2) is 44.1 Å². The van der Waals surface area contributed by atoms with Crippen molar-refractivity contribution in [1.82, 2.24) is 19.4 Å². The molecule has 0 saturated carbocycles. The molecule has 0 atom stereocenters. The Bertz CT molecular complexity index is 1250. The van der Waals surface area contributed by atoms with E-state index in [-0.39, 0.29) is 34.7 Å². The molecule has 3 aromatic rings. The van der Waals surface area contributed by atoms with Crippen molar-refractivity contribution in [2.75, 3.05) is 19.6 Å². The third-order valence-electron chi connectivity index (χ3n) is 5.44. The largest absolute Gasteiger partial charge is 0.455 e. The summed E-state index contributed by atoms with van der Waals surface area (Å²) >= 11 is 6.20. The average Bonchev–Trinajstić information content (AvgIpc) is 3.55. The minimum Gasteiger partial charge on any atom is -0.455 e. The Morgan fingerprint density at radius 1 is 1.18 bits per heavy atom. The number of furan rings is 1. The van der Waals surface area contributed by atoms with Gasteiger partial charge in [-0.3, -0.25) is 4.79 Å². The van der Waals surface area contributed by atoms with E-state index < -0.39 is 15.9 Å². The molecule has 1 aromatic carbocycles. The standard InChI is InChI=1S/C22H25ClN4O5S/c1-3-10-26(14-20-24-25-21(32-20)16-8-4-5-9-17(16)23)22(28)18-13-19(15(2)31-18)33(29,30)27-11-6-7-12-27/h4-5,8-9,13H,3,6-7,10-12,14H2,1-2H3. The monoisotopic (exact) mass is 492 g/mol. The lowest BCUT2D eigenvalue weighted by atomic mass is 10.2. The van der Waals surface area contributed by atoms with Gasteiger partial charge in [0.1, 0.15) is 10.7 Å². The molecule has 1 saturated heterocycles. The van der Waals surface area contributed by atoms with Crippen molar-refractivity contribution in [3.63, 3.8) is 0 Å². The van der Waals surface area contributed by atoms with E-state index in [4.69, 9.17) is 20.4 Å². The summed E-state index contributed by atoms with van der Waals surface area (Å²) in [6, 6.07) is 8.42. The maximum Gasteiger partial charge on any atom is 0.290 e. The van der Waals surface area contributed by atoms with E-state index in [9.17, 15) is 13.2 Å². The van der Waals surface area contributed by atoms with Crippen molar-refractivity contribution in [2.45, 2.75) is 44.6 Å². The highest BCUT2D eigenvalue weighted by Gasteiger charge is 2.32. The molecule has 0 spiro atoms. The van der Waals surface area contributed by atoms with Crippen LogP contribution in [0.25, 0.3) is 11.5 Å². The van der Waals surface area contributed by atoms with Crippen molar-refractivity contribution in [3.8, 4) is 11.5 Å². The number of aryl methyl sites for hydroxylation is 1. The lowest BCUT2D eigenvalue weighted by molar-refractivity contribution is 0.0695. The van der Waals surface area contributed by atoms with Crippen LogP contribution in [0.4, 0.5) is 0 Å². The number of hydrogen-bond donors (Lipinski definition) is 0. The number of nitrogens with zero attached hydrogens (tertiary/aromatic N) is 4. The number of aromatic nitrogens is 2. The molecule has 4 rings (SSSR count). The molecule has 1 aliphatic heterocycles. The summed E-state index contributed by atoms with van der Waals surface area (Å²) in [6.07, 6.45) is 2.33. The van der Waals surface area contributed by atoms with Crippen molar-refractivity contribution < 1.29 is 22.0 Å². The summed E-state index contributed by atoms with van der Waals surface area (Å²) in [7, 11) is -3.69. The van der Waals surface area contributed by atoms with Crippen LogP contribution in [0.1, 0.15) is 48.4 Å². The topological polar surface area (TPSA) is 110 Å². The number of carbonyl (C=O) groups is 1. The SMILES string of the molecule is CCCN(Cc1nnc(-c2ccccc2Cl)o1)C(=O)c1cc(S(=O)(=O)N2CCCC2)c(C)o1. The van der Waals surface area contributed by atoms with Gasteiger partial charge in [0.25, 0.3) is 5.91 Å². The van der Waals surface area contributed by atoms with Gasteiger partial charge >= 0.3 is 0 Å². The van der Waals surface area contributed by atoms with Crippen molar-refractivity contribution >= 4 is 27.5 Å². The first-order chi connectivity index (χ1) is 15.8. The lowest BCUT2D eigenvalue weighted by Crippen LogP contribution is -2.31. The predicted octanol–water partition coefficient (Wildman–Crippen LogP) is 4.13. The molecule has 1 fully saturated rings. The highest BCUT2D eigenvalue weighted by molar-refractivity contribution is 7.89. The molecule has 3 heterocycles. The zero-order chi connectivity index (χ0) is 23.6. The quantitative estimate of drug-likeness (QED) is 0.465. The first-order valence-corrected chi connectivity index (χ1v) is 12.6. The van der Waals surface area contributed by atoms with E-state index in [0.717, 1.165) is 12.8 Å². The molecule has 11 heteroatoms. The van der Waals surface area contributed by atoms with Crippen LogP contribution in [0.2, 0.25) is 5.02 Å². The Morgan fingerprint density at radius 2 is 1.91 bits per heavy atom. The molecule has 1 amide bonds. The molecule has 33 heavy (non-hydrogen) atoms. The zero-order valence-corrected chi connectivity index (χ0v) is 20.0. The summed E-state index contributed by atoms with van der Waals surface area (Å²) in [6.45, 7) is 4.89. The van der Waals surface area contributed by atoms with E-state index >= 15 is 0 Å². The molecule has 176 valence electrons. The summed E-state index contributed by atoms with van der Waals surface area (Å²) < 4.78 is 38.6. The number of halogens is 1. The average molecular weight is 493 g/mol. The Labute approximate surface area is 197 Å². The fraction of sp³-hybridized carbons (Fsp3) is 0.409. The van der Waals surface area contributed by atoms with Crippen molar-refractivity contribution in [2.24, 2.45) is 0 Å². The first kappa shape index (κ1) is 23.5. The molecule has 9 nitrogen and oxygen atoms in total. The second-order valence-corrected chi connectivity index (χ2v) is 10.2. The number of sulfonamides is 1. The Kier molecular flexibility index (Phi) is 6.87. The summed E-state index contributed by atoms with van der Waals surface area (Å²) in [5.74, 6) is 0.206. The van der Waals surface area contributed by atoms with Gasteiger partial charge < -0.3 is 13.7 Å². The highest BCUT2D eigenvalue weighted by atomic mass is 35.5. The smallest absolute Gasteiger partial charge is 0.290 e. The van der Waals surface area contributed by atoms with Gasteiger partial charge in [0.15, 0.2) is 5.76 Å². The van der Waals surface area contributed by atoms with Crippen molar-refractivity contribution in [1.29, 1.82) is 0 Å². The Morgan fingerprint density at radius 3 is 2.61 bits per heavy atom. The van der Waals surface area contributed by atoms with E-state index in [1.54, 1.807) is 25.1 Å². The Hall–Kier alpha value is -2.69. The van der Waals surface area contributed by atoms with Gasteiger partial charge in [0.2, 0.25) is 21.8 Å². The molecule has 0 unspecified atom stereocenters. The first-order valence-electron chi connectivity index (χ1n) is 10.8. The third-order valence-corrected chi connectivity index (χ3v) is 7.78. The van der Waals surface area contributed by atoms with E-state index in [0.29, 0.717) is 36.6 Å². The fourth-order valence-electron chi connectivity index (χ4n) is 3.80. The van der Waals surface area contributed by atoms with Crippen LogP contribution in [0.3, 0.4) is 0 Å². The van der Waals surface area contributed by atoms with Gasteiger partial charge in [-0.2, -0.15) is 4.31 Å². The van der Waals surface area contributed by atoms with Gasteiger partial charge in [0, 0.05) is 25.7 Å². The Balaban J connectivity index is 1.56. The predicted molar refractivity (Wildman–Crippen MR) is 121 cm³/mol. The van der Waals surface area contributed by atoms with Gasteiger partial charge in [-0.25, -0.2) is 8.42 Å². The normalized spacial score (nSPS) is 14.6. The van der Waals surface area contributed by atoms with Gasteiger partial charge in [-0.05, 0) is 38.3 Å². The van der Waals surface area contributed by atoms with Gasteiger partial charge in [-0.15, -0.1) is 10.2 Å². The molecular formula is C22H25ClN4O5S. The van der Waals surface area contributed by atoms with E-state index in [1.807, 2.05) is 13.0 Å². The van der Waals surface area contributed by atoms with Crippen LogP contribution in [-0.2, 0) is 16.6 Å². The van der Waals surface area contributed by atoms with Crippen LogP contribution < -0.4 is 0 Å². The molecule has 0 aliphatic carbocycles. The summed E-state index contributed by atoms with van der Waals surface area (Å²) in [5.41, 5.74) is 0.602. The fourth-order valence-corrected chi connectivity index (χ4v) is 5.69. The molecule has 0 radical (unpaired) electrons. The van der Waals surface area contributed by atoms with Crippen LogP contribution in [-0.4, -0.2) is 53.4 Å². The second kappa shape index (κ2) is 9.66. The van der Waals surface area contributed by atoms with Crippen LogP contribution in [0, 0.1) is 6.92 Å². The number of hydrogen-bond acceptors (Lipinski definition) is 7. The van der Waals surface area contributed by atoms with Gasteiger partial charge in [0.05, 0.1) is 17.1 Å².